The molecule has 0 atom stereocenters. The van der Waals surface area contributed by atoms with Gasteiger partial charge < -0.3 is 16.0 Å². The molecule has 0 aliphatic heterocycles. The van der Waals surface area contributed by atoms with E-state index in [0.717, 1.165) is 24.3 Å². The minimum atomic E-state index is -4.57. The van der Waals surface area contributed by atoms with Crippen molar-refractivity contribution in [3.63, 3.8) is 0 Å². The van der Waals surface area contributed by atoms with E-state index in [1.54, 1.807) is 30.3 Å². The van der Waals surface area contributed by atoms with Gasteiger partial charge in [-0.05, 0) is 42.5 Å². The van der Waals surface area contributed by atoms with E-state index in [-0.39, 0.29) is 24.5 Å². The fraction of sp³-hybridized carbons (Fsp3) is 0.130. The standard InChI is InChI=1S/C23H19F5N4O2/c24-16-9-10-20(19(25)14-16)31-21(33)29-11-12-32(18-7-2-1-3-8-18)22(34)30-17-6-4-5-15(13-17)23(26,27)28/h1-10,13-14H,11-12H2,(H,30,34)(H2,29,31,33). The number of para-hydroxylation sites is 1. The number of nitrogens with zero attached hydrogens (tertiary/aromatic N) is 1. The van der Waals surface area contributed by atoms with Crippen molar-refractivity contribution >= 4 is 29.1 Å². The van der Waals surface area contributed by atoms with Crippen molar-refractivity contribution in [2.45, 2.75) is 6.18 Å². The maximum absolute atomic E-state index is 13.7. The van der Waals surface area contributed by atoms with Gasteiger partial charge >= 0.3 is 18.2 Å². The Balaban J connectivity index is 1.66. The summed E-state index contributed by atoms with van der Waals surface area (Å²) >= 11 is 0. The van der Waals surface area contributed by atoms with Crippen LogP contribution in [0.3, 0.4) is 0 Å². The van der Waals surface area contributed by atoms with Crippen molar-refractivity contribution in [1.29, 1.82) is 0 Å². The lowest BCUT2D eigenvalue weighted by atomic mass is 10.2. The average molecular weight is 478 g/mol. The molecule has 0 fully saturated rings. The molecule has 0 aliphatic rings. The van der Waals surface area contributed by atoms with Crippen molar-refractivity contribution in [3.8, 4) is 0 Å². The zero-order valence-corrected chi connectivity index (χ0v) is 17.5. The van der Waals surface area contributed by atoms with Crippen molar-refractivity contribution in [1.82, 2.24) is 5.32 Å². The third-order valence-corrected chi connectivity index (χ3v) is 4.55. The highest BCUT2D eigenvalue weighted by Gasteiger charge is 2.30. The lowest BCUT2D eigenvalue weighted by molar-refractivity contribution is -0.137. The van der Waals surface area contributed by atoms with Crippen LogP contribution in [0.25, 0.3) is 0 Å². The van der Waals surface area contributed by atoms with E-state index >= 15 is 0 Å². The smallest absolute Gasteiger partial charge is 0.336 e. The Kier molecular flexibility index (Phi) is 7.67. The molecule has 11 heteroatoms. The summed E-state index contributed by atoms with van der Waals surface area (Å²) in [7, 11) is 0. The average Bonchev–Trinajstić information content (AvgIpc) is 2.79. The molecule has 4 amide bonds. The summed E-state index contributed by atoms with van der Waals surface area (Å²) in [6.45, 7) is -0.145. The molecule has 3 N–H and O–H groups in total. The van der Waals surface area contributed by atoms with E-state index in [1.807, 2.05) is 0 Å². The maximum atomic E-state index is 13.7. The highest BCUT2D eigenvalue weighted by atomic mass is 19.4. The molecule has 0 saturated carbocycles. The maximum Gasteiger partial charge on any atom is 0.416 e. The van der Waals surface area contributed by atoms with Gasteiger partial charge in [0.2, 0.25) is 0 Å². The third-order valence-electron chi connectivity index (χ3n) is 4.55. The van der Waals surface area contributed by atoms with Crippen LogP contribution in [0.4, 0.5) is 48.6 Å². The van der Waals surface area contributed by atoms with Gasteiger partial charge in [-0.25, -0.2) is 18.4 Å². The van der Waals surface area contributed by atoms with Crippen LogP contribution in [0.2, 0.25) is 0 Å². The summed E-state index contributed by atoms with van der Waals surface area (Å²) in [5.41, 5.74) is -0.777. The fourth-order valence-corrected chi connectivity index (χ4v) is 2.96. The number of carbonyl (C=O) groups is 2. The predicted octanol–water partition coefficient (Wildman–Crippen LogP) is 5.84. The number of alkyl halides is 3. The second kappa shape index (κ2) is 10.6. The molecule has 178 valence electrons. The van der Waals surface area contributed by atoms with E-state index < -0.39 is 35.4 Å². The topological polar surface area (TPSA) is 73.5 Å². The fourth-order valence-electron chi connectivity index (χ4n) is 2.96. The van der Waals surface area contributed by atoms with E-state index in [9.17, 15) is 31.5 Å². The van der Waals surface area contributed by atoms with E-state index in [4.69, 9.17) is 0 Å². The summed E-state index contributed by atoms with van der Waals surface area (Å²) in [4.78, 5) is 26.1. The minimum Gasteiger partial charge on any atom is -0.336 e. The number of rotatable bonds is 6. The Labute approximate surface area is 191 Å². The molecule has 0 bridgehead atoms. The highest BCUT2D eigenvalue weighted by Crippen LogP contribution is 2.30. The number of urea groups is 2. The van der Waals surface area contributed by atoms with Crippen LogP contribution in [0.15, 0.2) is 72.8 Å². The van der Waals surface area contributed by atoms with Crippen molar-refractivity contribution in [3.05, 3.63) is 90.0 Å². The molecule has 0 heterocycles. The molecule has 0 saturated heterocycles. The van der Waals surface area contributed by atoms with Gasteiger partial charge in [0.05, 0.1) is 11.3 Å². The number of benzene rings is 3. The molecule has 0 aliphatic carbocycles. The molecular formula is C23H19F5N4O2. The van der Waals surface area contributed by atoms with E-state index in [2.05, 4.69) is 16.0 Å². The largest absolute Gasteiger partial charge is 0.416 e. The number of anilines is 3. The third kappa shape index (κ3) is 6.67. The molecular weight excluding hydrogens is 459 g/mol. The molecule has 6 nitrogen and oxygen atoms in total. The SMILES string of the molecule is O=C(NCCN(C(=O)Nc1cccc(C(F)(F)F)c1)c1ccccc1)Nc1ccc(F)cc1F. The number of hydrogen-bond acceptors (Lipinski definition) is 2. The number of carbonyl (C=O) groups excluding carboxylic acids is 2. The normalized spacial score (nSPS) is 11.0. The second-order valence-corrected chi connectivity index (χ2v) is 7.00. The van der Waals surface area contributed by atoms with Crippen LogP contribution < -0.4 is 20.9 Å². The summed E-state index contributed by atoms with van der Waals surface area (Å²) in [6.07, 6.45) is -4.57. The van der Waals surface area contributed by atoms with E-state index in [1.165, 1.54) is 17.0 Å². The molecule has 34 heavy (non-hydrogen) atoms. The van der Waals surface area contributed by atoms with Gasteiger partial charge in [-0.2, -0.15) is 13.2 Å². The van der Waals surface area contributed by atoms with Crippen LogP contribution in [-0.4, -0.2) is 25.2 Å². The number of amides is 4. The molecule has 3 aromatic carbocycles. The van der Waals surface area contributed by atoms with Gasteiger partial charge in [-0.1, -0.05) is 24.3 Å². The van der Waals surface area contributed by atoms with Crippen LogP contribution in [0.1, 0.15) is 5.56 Å². The van der Waals surface area contributed by atoms with Gasteiger partial charge in [0, 0.05) is 30.5 Å². The lowest BCUT2D eigenvalue weighted by Crippen LogP contribution is -2.42. The summed E-state index contributed by atoms with van der Waals surface area (Å²) < 4.78 is 65.5. The van der Waals surface area contributed by atoms with Gasteiger partial charge in [0.25, 0.3) is 0 Å². The first-order chi connectivity index (χ1) is 16.1. The quantitative estimate of drug-likeness (QED) is 0.389. The lowest BCUT2D eigenvalue weighted by Gasteiger charge is -2.24. The Morgan fingerprint density at radius 1 is 0.853 bits per heavy atom. The summed E-state index contributed by atoms with van der Waals surface area (Å²) in [5.74, 6) is -1.75. The molecule has 0 spiro atoms. The van der Waals surface area contributed by atoms with Crippen LogP contribution in [0.5, 0.6) is 0 Å². The Hall–Kier alpha value is -4.15. The Morgan fingerprint density at radius 3 is 2.26 bits per heavy atom. The first-order valence-electron chi connectivity index (χ1n) is 9.94. The van der Waals surface area contributed by atoms with Gasteiger partial charge in [-0.15, -0.1) is 0 Å². The zero-order chi connectivity index (χ0) is 24.7. The number of hydrogen-bond donors (Lipinski definition) is 3. The van der Waals surface area contributed by atoms with Crippen molar-refractivity contribution in [2.75, 3.05) is 28.6 Å². The number of halogens is 5. The monoisotopic (exact) mass is 478 g/mol. The summed E-state index contributed by atoms with van der Waals surface area (Å²) in [6, 6.07) is 13.6. The van der Waals surface area contributed by atoms with Gasteiger partial charge in [-0.3, -0.25) is 4.90 Å². The molecule has 3 rings (SSSR count). The van der Waals surface area contributed by atoms with Crippen LogP contribution in [0, 0.1) is 11.6 Å². The van der Waals surface area contributed by atoms with Crippen molar-refractivity contribution < 1.29 is 31.5 Å². The first-order valence-corrected chi connectivity index (χ1v) is 9.94. The van der Waals surface area contributed by atoms with Gasteiger partial charge in [0.1, 0.15) is 11.6 Å². The van der Waals surface area contributed by atoms with Crippen LogP contribution in [-0.2, 0) is 6.18 Å². The predicted molar refractivity (Wildman–Crippen MR) is 118 cm³/mol. The Bertz CT molecular complexity index is 1160. The molecule has 0 unspecified atom stereocenters. The molecule has 0 aromatic heterocycles. The Morgan fingerprint density at radius 2 is 1.59 bits per heavy atom. The minimum absolute atomic E-state index is 0.0572. The second-order valence-electron chi connectivity index (χ2n) is 7.00. The first kappa shape index (κ1) is 24.5. The number of nitrogens with one attached hydrogen (secondary N) is 3. The van der Waals surface area contributed by atoms with Gasteiger partial charge in [0.15, 0.2) is 0 Å². The van der Waals surface area contributed by atoms with E-state index in [0.29, 0.717) is 11.8 Å². The van der Waals surface area contributed by atoms with Crippen molar-refractivity contribution in [2.24, 2.45) is 0 Å². The highest BCUT2D eigenvalue weighted by molar-refractivity contribution is 6.01. The summed E-state index contributed by atoms with van der Waals surface area (Å²) in [5, 5.41) is 7.08. The molecule has 3 aromatic rings. The zero-order valence-electron chi connectivity index (χ0n) is 17.5. The molecule has 0 radical (unpaired) electrons. The van der Waals surface area contributed by atoms with Crippen LogP contribution >= 0.6 is 0 Å².